The maximum Gasteiger partial charge on any atom is 0.146 e. The van der Waals surface area contributed by atoms with Gasteiger partial charge in [-0.15, -0.1) is 0 Å². The topological polar surface area (TPSA) is 47.3 Å². The molecule has 1 aliphatic heterocycles. The number of rotatable bonds is 4. The van der Waals surface area contributed by atoms with Gasteiger partial charge in [0.05, 0.1) is 11.8 Å². The third-order valence-electron chi connectivity index (χ3n) is 3.10. The van der Waals surface area contributed by atoms with Crippen LogP contribution in [0.2, 0.25) is 0 Å². The van der Waals surface area contributed by atoms with Gasteiger partial charge < -0.3 is 15.8 Å². The first-order chi connectivity index (χ1) is 8.27. The van der Waals surface area contributed by atoms with Gasteiger partial charge in [0.1, 0.15) is 5.82 Å². The highest BCUT2D eigenvalue weighted by Gasteiger charge is 2.13. The number of anilines is 1. The molecule has 0 aliphatic carbocycles. The second-order valence-corrected chi connectivity index (χ2v) is 4.43. The largest absolute Gasteiger partial charge is 0.396 e. The van der Waals surface area contributed by atoms with Crippen molar-refractivity contribution in [3.05, 3.63) is 29.6 Å². The smallest absolute Gasteiger partial charge is 0.146 e. The number of nitrogens with two attached hydrogens (primary N) is 1. The van der Waals surface area contributed by atoms with Gasteiger partial charge in [-0.25, -0.2) is 4.39 Å². The molecule has 1 aromatic rings. The van der Waals surface area contributed by atoms with E-state index in [4.69, 9.17) is 10.5 Å². The lowest BCUT2D eigenvalue weighted by molar-refractivity contribution is 0.0168. The molecule has 0 bridgehead atoms. The van der Waals surface area contributed by atoms with Crippen LogP contribution in [0, 0.1) is 5.82 Å². The van der Waals surface area contributed by atoms with Gasteiger partial charge in [-0.05, 0) is 30.9 Å². The SMILES string of the molecule is Nc1c(F)cccc1CNCC1CCCCO1. The third kappa shape index (κ3) is 3.41. The molecule has 2 rings (SSSR count). The number of para-hydroxylation sites is 1. The molecule has 0 amide bonds. The molecule has 1 saturated heterocycles. The fourth-order valence-electron chi connectivity index (χ4n) is 2.07. The molecule has 1 fully saturated rings. The fourth-order valence-corrected chi connectivity index (χ4v) is 2.07. The van der Waals surface area contributed by atoms with Crippen molar-refractivity contribution in [3.8, 4) is 0 Å². The highest BCUT2D eigenvalue weighted by atomic mass is 19.1. The van der Waals surface area contributed by atoms with Crippen molar-refractivity contribution in [2.45, 2.75) is 31.9 Å². The summed E-state index contributed by atoms with van der Waals surface area (Å²) in [5.41, 5.74) is 6.70. The molecule has 1 heterocycles. The number of halogens is 1. The van der Waals surface area contributed by atoms with Crippen LogP contribution in [0.15, 0.2) is 18.2 Å². The van der Waals surface area contributed by atoms with Crippen LogP contribution in [0.3, 0.4) is 0 Å². The van der Waals surface area contributed by atoms with E-state index >= 15 is 0 Å². The summed E-state index contributed by atoms with van der Waals surface area (Å²) >= 11 is 0. The van der Waals surface area contributed by atoms with Crippen molar-refractivity contribution < 1.29 is 9.13 Å². The Balaban J connectivity index is 1.79. The summed E-state index contributed by atoms with van der Waals surface area (Å²) in [6, 6.07) is 4.90. The summed E-state index contributed by atoms with van der Waals surface area (Å²) in [6.07, 6.45) is 3.78. The Bertz CT molecular complexity index is 364. The molecule has 1 aliphatic rings. The monoisotopic (exact) mass is 238 g/mol. The predicted octanol–water partition coefficient (Wildman–Crippen LogP) is 2.07. The van der Waals surface area contributed by atoms with Gasteiger partial charge in [0.25, 0.3) is 0 Å². The van der Waals surface area contributed by atoms with E-state index in [0.717, 1.165) is 31.6 Å². The highest BCUT2D eigenvalue weighted by molar-refractivity contribution is 5.47. The van der Waals surface area contributed by atoms with E-state index in [-0.39, 0.29) is 11.5 Å². The zero-order chi connectivity index (χ0) is 12.1. The van der Waals surface area contributed by atoms with E-state index in [1.807, 2.05) is 6.07 Å². The maximum absolute atomic E-state index is 13.2. The van der Waals surface area contributed by atoms with Crippen molar-refractivity contribution in [2.75, 3.05) is 18.9 Å². The minimum atomic E-state index is -0.349. The zero-order valence-electron chi connectivity index (χ0n) is 9.92. The molecule has 0 saturated carbocycles. The van der Waals surface area contributed by atoms with E-state index in [1.165, 1.54) is 12.5 Å². The molecule has 0 spiro atoms. The molecule has 94 valence electrons. The van der Waals surface area contributed by atoms with Gasteiger partial charge in [-0.1, -0.05) is 12.1 Å². The molecule has 4 heteroatoms. The lowest BCUT2D eigenvalue weighted by Gasteiger charge is -2.23. The van der Waals surface area contributed by atoms with E-state index in [2.05, 4.69) is 5.32 Å². The molecular formula is C13H19FN2O. The van der Waals surface area contributed by atoms with Crippen LogP contribution in [-0.2, 0) is 11.3 Å². The lowest BCUT2D eigenvalue weighted by Crippen LogP contribution is -2.31. The Morgan fingerprint density at radius 2 is 2.29 bits per heavy atom. The van der Waals surface area contributed by atoms with Gasteiger partial charge in [0.2, 0.25) is 0 Å². The van der Waals surface area contributed by atoms with Crippen LogP contribution in [0.4, 0.5) is 10.1 Å². The van der Waals surface area contributed by atoms with Crippen LogP contribution in [0.1, 0.15) is 24.8 Å². The lowest BCUT2D eigenvalue weighted by atomic mass is 10.1. The van der Waals surface area contributed by atoms with Crippen molar-refractivity contribution >= 4 is 5.69 Å². The second kappa shape index (κ2) is 5.98. The van der Waals surface area contributed by atoms with Crippen LogP contribution in [-0.4, -0.2) is 19.3 Å². The second-order valence-electron chi connectivity index (χ2n) is 4.43. The first kappa shape index (κ1) is 12.3. The van der Waals surface area contributed by atoms with Gasteiger partial charge in [-0.2, -0.15) is 0 Å². The van der Waals surface area contributed by atoms with Crippen molar-refractivity contribution in [2.24, 2.45) is 0 Å². The molecule has 0 radical (unpaired) electrons. The summed E-state index contributed by atoms with van der Waals surface area (Å²) < 4.78 is 18.8. The Labute approximate surface area is 101 Å². The Morgan fingerprint density at radius 3 is 3.06 bits per heavy atom. The quantitative estimate of drug-likeness (QED) is 0.789. The molecule has 1 atom stereocenters. The number of ether oxygens (including phenoxy) is 1. The molecular weight excluding hydrogens is 219 g/mol. The Hall–Kier alpha value is -1.13. The van der Waals surface area contributed by atoms with E-state index in [0.29, 0.717) is 12.6 Å². The summed E-state index contributed by atoms with van der Waals surface area (Å²) in [7, 11) is 0. The number of benzene rings is 1. The number of nitrogen functional groups attached to an aromatic ring is 1. The Kier molecular flexibility index (Phi) is 4.34. The first-order valence-corrected chi connectivity index (χ1v) is 6.12. The first-order valence-electron chi connectivity index (χ1n) is 6.12. The normalized spacial score (nSPS) is 20.4. The minimum absolute atomic E-state index is 0.240. The molecule has 1 aromatic carbocycles. The summed E-state index contributed by atoms with van der Waals surface area (Å²) in [5.74, 6) is -0.349. The summed E-state index contributed by atoms with van der Waals surface area (Å²) in [4.78, 5) is 0. The standard InChI is InChI=1S/C13H19FN2O/c14-12-6-3-4-10(13(12)15)8-16-9-11-5-1-2-7-17-11/h3-4,6,11,16H,1-2,5,7-9,15H2. The minimum Gasteiger partial charge on any atom is -0.396 e. The van der Waals surface area contributed by atoms with Crippen molar-refractivity contribution in [3.63, 3.8) is 0 Å². The average Bonchev–Trinajstić information content (AvgIpc) is 2.36. The predicted molar refractivity (Wildman–Crippen MR) is 66.1 cm³/mol. The number of hydrogen-bond acceptors (Lipinski definition) is 3. The highest BCUT2D eigenvalue weighted by Crippen LogP contribution is 2.16. The molecule has 17 heavy (non-hydrogen) atoms. The maximum atomic E-state index is 13.2. The van der Waals surface area contributed by atoms with Crippen LogP contribution < -0.4 is 11.1 Å². The molecule has 3 nitrogen and oxygen atoms in total. The zero-order valence-corrected chi connectivity index (χ0v) is 9.92. The van der Waals surface area contributed by atoms with E-state index in [1.54, 1.807) is 6.07 Å². The Morgan fingerprint density at radius 1 is 1.41 bits per heavy atom. The van der Waals surface area contributed by atoms with Crippen LogP contribution >= 0.6 is 0 Å². The van der Waals surface area contributed by atoms with Gasteiger partial charge >= 0.3 is 0 Å². The average molecular weight is 238 g/mol. The number of nitrogens with one attached hydrogen (secondary N) is 1. The number of hydrogen-bond donors (Lipinski definition) is 2. The van der Waals surface area contributed by atoms with E-state index in [9.17, 15) is 4.39 Å². The van der Waals surface area contributed by atoms with Crippen molar-refractivity contribution in [1.82, 2.24) is 5.32 Å². The van der Waals surface area contributed by atoms with Gasteiger partial charge in [0, 0.05) is 19.7 Å². The van der Waals surface area contributed by atoms with Gasteiger partial charge in [0.15, 0.2) is 0 Å². The van der Waals surface area contributed by atoms with Crippen molar-refractivity contribution in [1.29, 1.82) is 0 Å². The summed E-state index contributed by atoms with van der Waals surface area (Å²) in [5, 5.41) is 3.27. The van der Waals surface area contributed by atoms with Crippen LogP contribution in [0.25, 0.3) is 0 Å². The molecule has 3 N–H and O–H groups in total. The van der Waals surface area contributed by atoms with E-state index < -0.39 is 0 Å². The van der Waals surface area contributed by atoms with Gasteiger partial charge in [-0.3, -0.25) is 0 Å². The summed E-state index contributed by atoms with van der Waals surface area (Å²) in [6.45, 7) is 2.24. The third-order valence-corrected chi connectivity index (χ3v) is 3.10. The van der Waals surface area contributed by atoms with Crippen LogP contribution in [0.5, 0.6) is 0 Å². The fraction of sp³-hybridized carbons (Fsp3) is 0.538. The molecule has 1 unspecified atom stereocenters. The molecule has 0 aromatic heterocycles.